The number of anilines is 1. The summed E-state index contributed by atoms with van der Waals surface area (Å²) >= 11 is 0. The molecule has 7 nitrogen and oxygen atoms in total. The Labute approximate surface area is 159 Å². The maximum Gasteiger partial charge on any atom is 0.246 e. The van der Waals surface area contributed by atoms with Gasteiger partial charge in [-0.15, -0.1) is 0 Å². The van der Waals surface area contributed by atoms with Gasteiger partial charge in [-0.1, -0.05) is 20.4 Å². The first kappa shape index (κ1) is 18.0. The standard InChI is InChI=1S/C20H27N5O2/c1-4-16(26)25-10-15(20(2,3)11-25)24-19-17-14(13-5-7-27-8-6-13)9-21-18(17)22-12-23-19/h4,9,12-13,15H,1,5-8,10-11H2,2-3H3,(H2,21,22,23,24)/t15-/m0/s1. The van der Waals surface area contributed by atoms with Crippen molar-refractivity contribution in [2.75, 3.05) is 31.6 Å². The van der Waals surface area contributed by atoms with Gasteiger partial charge in [0.25, 0.3) is 0 Å². The van der Waals surface area contributed by atoms with E-state index >= 15 is 0 Å². The van der Waals surface area contributed by atoms with Crippen molar-refractivity contribution in [3.63, 3.8) is 0 Å². The minimum atomic E-state index is -0.0644. The number of rotatable bonds is 4. The molecule has 0 spiro atoms. The van der Waals surface area contributed by atoms with Gasteiger partial charge in [-0.25, -0.2) is 9.97 Å². The minimum Gasteiger partial charge on any atom is -0.381 e. The van der Waals surface area contributed by atoms with Crippen molar-refractivity contribution in [2.24, 2.45) is 5.41 Å². The predicted molar refractivity (Wildman–Crippen MR) is 105 cm³/mol. The van der Waals surface area contributed by atoms with Crippen LogP contribution in [0.2, 0.25) is 0 Å². The lowest BCUT2D eigenvalue weighted by atomic mass is 9.87. The number of hydrogen-bond donors (Lipinski definition) is 2. The number of likely N-dealkylation sites (tertiary alicyclic amines) is 1. The second kappa shape index (κ2) is 6.96. The zero-order valence-electron chi connectivity index (χ0n) is 16.0. The zero-order chi connectivity index (χ0) is 19.0. The summed E-state index contributed by atoms with van der Waals surface area (Å²) in [6.45, 7) is 10.9. The van der Waals surface area contributed by atoms with Crippen molar-refractivity contribution in [3.8, 4) is 0 Å². The Kier molecular flexibility index (Phi) is 4.63. The lowest BCUT2D eigenvalue weighted by Gasteiger charge is -2.27. The van der Waals surface area contributed by atoms with E-state index in [1.165, 1.54) is 11.6 Å². The monoisotopic (exact) mass is 369 g/mol. The number of amides is 1. The van der Waals surface area contributed by atoms with E-state index in [2.05, 4.69) is 46.9 Å². The molecule has 4 rings (SSSR count). The van der Waals surface area contributed by atoms with Gasteiger partial charge in [-0.3, -0.25) is 4.79 Å². The molecule has 2 saturated heterocycles. The van der Waals surface area contributed by atoms with Gasteiger partial charge in [0, 0.05) is 37.9 Å². The van der Waals surface area contributed by atoms with Crippen LogP contribution in [0, 0.1) is 5.41 Å². The maximum absolute atomic E-state index is 12.1. The summed E-state index contributed by atoms with van der Waals surface area (Å²) in [5.41, 5.74) is 2.04. The van der Waals surface area contributed by atoms with E-state index in [-0.39, 0.29) is 17.4 Å². The number of H-pyrrole nitrogens is 1. The first-order valence-corrected chi connectivity index (χ1v) is 9.57. The normalized spacial score (nSPS) is 22.9. The Balaban J connectivity index is 1.65. The fourth-order valence-electron chi connectivity index (χ4n) is 4.26. The summed E-state index contributed by atoms with van der Waals surface area (Å²) in [5.74, 6) is 1.27. The molecule has 0 saturated carbocycles. The highest BCUT2D eigenvalue weighted by Crippen LogP contribution is 2.37. The highest BCUT2D eigenvalue weighted by atomic mass is 16.5. The van der Waals surface area contributed by atoms with Crippen LogP contribution in [0.4, 0.5) is 5.82 Å². The molecule has 2 aliphatic heterocycles. The average Bonchev–Trinajstić information content (AvgIpc) is 3.23. The Hall–Kier alpha value is -2.41. The number of nitrogens with zero attached hydrogens (tertiary/aromatic N) is 3. The van der Waals surface area contributed by atoms with Gasteiger partial charge >= 0.3 is 0 Å². The molecule has 2 aromatic rings. The van der Waals surface area contributed by atoms with Crippen molar-refractivity contribution in [1.29, 1.82) is 0 Å². The quantitative estimate of drug-likeness (QED) is 0.810. The summed E-state index contributed by atoms with van der Waals surface area (Å²) in [4.78, 5) is 26.2. The molecule has 0 aliphatic carbocycles. The Morgan fingerprint density at radius 3 is 2.93 bits per heavy atom. The van der Waals surface area contributed by atoms with Gasteiger partial charge in [-0.05, 0) is 30.4 Å². The van der Waals surface area contributed by atoms with Crippen LogP contribution in [0.3, 0.4) is 0 Å². The molecule has 1 atom stereocenters. The first-order valence-electron chi connectivity index (χ1n) is 9.57. The number of aromatic nitrogens is 3. The summed E-state index contributed by atoms with van der Waals surface area (Å²) in [7, 11) is 0. The molecule has 0 bridgehead atoms. The van der Waals surface area contributed by atoms with Crippen molar-refractivity contribution in [1.82, 2.24) is 19.9 Å². The van der Waals surface area contributed by atoms with Crippen LogP contribution >= 0.6 is 0 Å². The van der Waals surface area contributed by atoms with Crippen molar-refractivity contribution in [3.05, 3.63) is 30.7 Å². The molecule has 2 fully saturated rings. The van der Waals surface area contributed by atoms with E-state index in [1.807, 2.05) is 4.90 Å². The van der Waals surface area contributed by atoms with E-state index < -0.39 is 0 Å². The first-order chi connectivity index (χ1) is 13.0. The third-order valence-electron chi connectivity index (χ3n) is 5.90. The van der Waals surface area contributed by atoms with Crippen LogP contribution < -0.4 is 5.32 Å². The minimum absolute atomic E-state index is 0.0234. The third kappa shape index (κ3) is 3.32. The fourth-order valence-corrected chi connectivity index (χ4v) is 4.26. The Morgan fingerprint density at radius 2 is 2.19 bits per heavy atom. The molecule has 0 aromatic carbocycles. The Bertz CT molecular complexity index is 853. The lowest BCUT2D eigenvalue weighted by molar-refractivity contribution is -0.125. The number of carbonyl (C=O) groups is 1. The lowest BCUT2D eigenvalue weighted by Crippen LogP contribution is -2.35. The van der Waals surface area contributed by atoms with E-state index in [9.17, 15) is 4.79 Å². The molecule has 1 amide bonds. The molecule has 0 unspecified atom stereocenters. The molecular formula is C20H27N5O2. The molecule has 7 heteroatoms. The van der Waals surface area contributed by atoms with Crippen molar-refractivity contribution in [2.45, 2.75) is 38.6 Å². The molecule has 144 valence electrons. The molecule has 2 aromatic heterocycles. The van der Waals surface area contributed by atoms with Crippen LogP contribution in [0.15, 0.2) is 25.2 Å². The summed E-state index contributed by atoms with van der Waals surface area (Å²) in [6.07, 6.45) is 7.06. The van der Waals surface area contributed by atoms with E-state index in [0.29, 0.717) is 19.0 Å². The largest absolute Gasteiger partial charge is 0.381 e. The van der Waals surface area contributed by atoms with Crippen LogP contribution in [0.1, 0.15) is 38.2 Å². The maximum atomic E-state index is 12.1. The molecular weight excluding hydrogens is 342 g/mol. The SMILES string of the molecule is C=CC(=O)N1C[C@H](Nc2ncnc3[nH]cc(C4CCOCC4)c23)C(C)(C)C1. The molecule has 27 heavy (non-hydrogen) atoms. The van der Waals surface area contributed by atoms with Crippen LogP contribution in [-0.4, -0.2) is 58.1 Å². The summed E-state index contributed by atoms with van der Waals surface area (Å²) < 4.78 is 5.52. The van der Waals surface area contributed by atoms with Gasteiger partial charge in [0.2, 0.25) is 5.91 Å². The fraction of sp³-hybridized carbons (Fsp3) is 0.550. The van der Waals surface area contributed by atoms with E-state index in [4.69, 9.17) is 4.74 Å². The third-order valence-corrected chi connectivity index (χ3v) is 5.90. The number of hydrogen-bond acceptors (Lipinski definition) is 5. The molecule has 2 N–H and O–H groups in total. The number of nitrogens with one attached hydrogen (secondary N) is 2. The zero-order valence-corrected chi connectivity index (χ0v) is 16.0. The van der Waals surface area contributed by atoms with Crippen LogP contribution in [0.5, 0.6) is 0 Å². The second-order valence-electron chi connectivity index (χ2n) is 8.18. The van der Waals surface area contributed by atoms with E-state index in [1.54, 1.807) is 6.33 Å². The van der Waals surface area contributed by atoms with Crippen molar-refractivity contribution >= 4 is 22.8 Å². The highest BCUT2D eigenvalue weighted by Gasteiger charge is 2.41. The van der Waals surface area contributed by atoms with Gasteiger partial charge in [-0.2, -0.15) is 0 Å². The van der Waals surface area contributed by atoms with Gasteiger partial charge < -0.3 is 19.9 Å². The van der Waals surface area contributed by atoms with Gasteiger partial charge in [0.15, 0.2) is 0 Å². The van der Waals surface area contributed by atoms with Crippen LogP contribution in [0.25, 0.3) is 11.0 Å². The highest BCUT2D eigenvalue weighted by molar-refractivity contribution is 5.91. The number of aromatic amines is 1. The topological polar surface area (TPSA) is 83.1 Å². The molecule has 4 heterocycles. The van der Waals surface area contributed by atoms with Gasteiger partial charge in [0.1, 0.15) is 17.8 Å². The smallest absolute Gasteiger partial charge is 0.246 e. The number of carbonyl (C=O) groups excluding carboxylic acids is 1. The molecule has 2 aliphatic rings. The summed E-state index contributed by atoms with van der Waals surface area (Å²) in [5, 5.41) is 4.68. The molecule has 0 radical (unpaired) electrons. The average molecular weight is 369 g/mol. The summed E-state index contributed by atoms with van der Waals surface area (Å²) in [6, 6.07) is 0.108. The second-order valence-corrected chi connectivity index (χ2v) is 8.18. The number of ether oxygens (including phenoxy) is 1. The van der Waals surface area contributed by atoms with Crippen LogP contribution in [-0.2, 0) is 9.53 Å². The predicted octanol–water partition coefficient (Wildman–Crippen LogP) is 2.69. The Morgan fingerprint density at radius 1 is 1.41 bits per heavy atom. The van der Waals surface area contributed by atoms with Gasteiger partial charge in [0.05, 0.1) is 11.4 Å². The van der Waals surface area contributed by atoms with Crippen molar-refractivity contribution < 1.29 is 9.53 Å². The van der Waals surface area contributed by atoms with E-state index in [0.717, 1.165) is 42.9 Å². The number of fused-ring (bicyclic) bond motifs is 1.